The molecular weight excluding hydrogens is 556 g/mol. The highest BCUT2D eigenvalue weighted by molar-refractivity contribution is 7.85. The molecule has 1 aliphatic heterocycles. The monoisotopic (exact) mass is 590 g/mol. The van der Waals surface area contributed by atoms with Gasteiger partial charge in [0.2, 0.25) is 5.91 Å². The maximum absolute atomic E-state index is 13.1. The topological polar surface area (TPSA) is 194 Å². The number of hydrogen-bond acceptors (Lipinski definition) is 14. The molecule has 1 amide bonds. The third kappa shape index (κ3) is 8.19. The molecule has 0 spiro atoms. The van der Waals surface area contributed by atoms with Crippen molar-refractivity contribution in [1.29, 1.82) is 0 Å². The quantitative estimate of drug-likeness (QED) is 0.0875. The molecule has 0 bridgehead atoms. The average Bonchev–Trinajstić information content (AvgIpc) is 3.21. The summed E-state index contributed by atoms with van der Waals surface area (Å²) in [4.78, 5) is 58.2. The van der Waals surface area contributed by atoms with Crippen molar-refractivity contribution < 1.29 is 46.1 Å². The molecule has 14 nitrogen and oxygen atoms in total. The molecular formula is C23H34N4O10S2. The van der Waals surface area contributed by atoms with Crippen molar-refractivity contribution >= 4 is 56.6 Å². The van der Waals surface area contributed by atoms with E-state index in [2.05, 4.69) is 10.1 Å². The van der Waals surface area contributed by atoms with Gasteiger partial charge in [0, 0.05) is 25.6 Å². The van der Waals surface area contributed by atoms with E-state index < -0.39 is 69.8 Å². The minimum Gasteiger partial charge on any atom is -0.459 e. The Bertz CT molecular complexity index is 1250. The molecule has 2 rings (SSSR count). The Hall–Kier alpha value is -3.11. The first-order valence-corrected chi connectivity index (χ1v) is 14.0. The van der Waals surface area contributed by atoms with Crippen molar-refractivity contribution in [3.05, 3.63) is 11.1 Å². The van der Waals surface area contributed by atoms with Gasteiger partial charge in [-0.1, -0.05) is 5.16 Å². The van der Waals surface area contributed by atoms with E-state index in [0.717, 1.165) is 11.3 Å². The molecule has 0 radical (unpaired) electrons. The van der Waals surface area contributed by atoms with Crippen LogP contribution in [0.4, 0.5) is 5.13 Å². The van der Waals surface area contributed by atoms with E-state index in [1.807, 2.05) is 0 Å². The maximum atomic E-state index is 13.1. The molecule has 1 saturated heterocycles. The van der Waals surface area contributed by atoms with Crippen molar-refractivity contribution in [3.8, 4) is 0 Å². The predicted molar refractivity (Wildman–Crippen MR) is 139 cm³/mol. The zero-order valence-electron chi connectivity index (χ0n) is 23.0. The highest BCUT2D eigenvalue weighted by atomic mass is 32.2. The fourth-order valence-electron chi connectivity index (χ4n) is 3.20. The fourth-order valence-corrected chi connectivity index (χ4v) is 5.22. The maximum Gasteiger partial charge on any atom is 0.364 e. The van der Waals surface area contributed by atoms with E-state index in [-0.39, 0.29) is 23.0 Å². The lowest BCUT2D eigenvalue weighted by Gasteiger charge is -2.43. The molecule has 0 aromatic carbocycles. The number of esters is 1. The second kappa shape index (κ2) is 11.6. The highest BCUT2D eigenvalue weighted by Gasteiger charge is 2.53. The molecule has 218 valence electrons. The number of nitrogen functional groups attached to an aromatic ring is 1. The summed E-state index contributed by atoms with van der Waals surface area (Å²) in [5.41, 5.74) is 3.33. The zero-order valence-corrected chi connectivity index (χ0v) is 24.7. The molecule has 1 aromatic rings. The van der Waals surface area contributed by atoms with Gasteiger partial charge in [-0.15, -0.1) is 11.3 Å². The number of thiazole rings is 1. The zero-order chi connectivity index (χ0) is 30.0. The van der Waals surface area contributed by atoms with Gasteiger partial charge >= 0.3 is 16.3 Å². The minimum absolute atomic E-state index is 0.0704. The summed E-state index contributed by atoms with van der Waals surface area (Å²) in [6.07, 6.45) is -0.427. The van der Waals surface area contributed by atoms with Crippen LogP contribution < -0.4 is 5.73 Å². The van der Waals surface area contributed by atoms with Crippen molar-refractivity contribution in [3.63, 3.8) is 0 Å². The Morgan fingerprint density at radius 2 is 1.82 bits per heavy atom. The largest absolute Gasteiger partial charge is 0.459 e. The van der Waals surface area contributed by atoms with Gasteiger partial charge in [-0.05, 0) is 41.5 Å². The number of aromatic nitrogens is 1. The summed E-state index contributed by atoms with van der Waals surface area (Å²) in [5, 5.41) is 5.38. The van der Waals surface area contributed by atoms with E-state index in [0.29, 0.717) is 4.31 Å². The van der Waals surface area contributed by atoms with E-state index in [4.69, 9.17) is 24.2 Å². The van der Waals surface area contributed by atoms with Gasteiger partial charge in [0.25, 0.3) is 12.3 Å². The summed E-state index contributed by atoms with van der Waals surface area (Å²) >= 11 is 1.04. The van der Waals surface area contributed by atoms with Gasteiger partial charge in [0.15, 0.2) is 16.6 Å². The number of ether oxygens (including phenoxy) is 2. The Labute approximate surface area is 231 Å². The molecule has 2 atom stereocenters. The Balaban J connectivity index is 2.14. The van der Waals surface area contributed by atoms with Crippen LogP contribution >= 0.6 is 11.3 Å². The third-order valence-electron chi connectivity index (χ3n) is 5.37. The number of nitrogens with two attached hydrogens (primary N) is 1. The number of oxime groups is 1. The van der Waals surface area contributed by atoms with Gasteiger partial charge in [-0.25, -0.2) is 9.29 Å². The Kier molecular flexibility index (Phi) is 9.51. The number of nitrogens with zero attached hydrogens (tertiary/aromatic N) is 3. The molecule has 1 fully saturated rings. The normalized spacial score (nSPS) is 18.8. The van der Waals surface area contributed by atoms with Gasteiger partial charge in [0.1, 0.15) is 11.3 Å². The number of Topliss-reactive ketones (excluding diaryl/α,β-unsaturated/α-hetero) is 1. The van der Waals surface area contributed by atoms with Crippen LogP contribution in [0.3, 0.4) is 0 Å². The van der Waals surface area contributed by atoms with Crippen LogP contribution in [0.5, 0.6) is 0 Å². The van der Waals surface area contributed by atoms with E-state index in [1.54, 1.807) is 20.8 Å². The lowest BCUT2D eigenvalue weighted by Crippen LogP contribution is -2.62. The lowest BCUT2D eigenvalue weighted by atomic mass is 9.86. The number of amides is 1. The minimum atomic E-state index is -4.57. The van der Waals surface area contributed by atoms with E-state index >= 15 is 0 Å². The predicted octanol–water partition coefficient (Wildman–Crippen LogP) is 1.79. The standard InChI is InChI=1S/C23H34N4O10S2/c1-13-14(9-16(29)17(15-10-38-20(24)25-15)26-37-23(7,8)34-12-28)18(30)27(13)39(32,33)35-11-22(5,6)19(31)36-21(2,3)4/h10,12-14H,9,11H2,1-8H3,(H2,24,25)/b26-17+/t13-,14-/m0/s1. The van der Waals surface area contributed by atoms with Crippen LogP contribution in [0.25, 0.3) is 0 Å². The number of ketones is 1. The van der Waals surface area contributed by atoms with Crippen LogP contribution in [0.15, 0.2) is 10.5 Å². The molecule has 16 heteroatoms. The van der Waals surface area contributed by atoms with Gasteiger partial charge in [-0.2, -0.15) is 8.42 Å². The number of hydrogen-bond donors (Lipinski definition) is 1. The van der Waals surface area contributed by atoms with Crippen LogP contribution in [-0.4, -0.2) is 71.6 Å². The molecule has 1 aromatic heterocycles. The number of anilines is 1. The summed E-state index contributed by atoms with van der Waals surface area (Å²) in [5.74, 6) is -4.75. The Morgan fingerprint density at radius 1 is 1.21 bits per heavy atom. The first-order valence-electron chi connectivity index (χ1n) is 11.8. The van der Waals surface area contributed by atoms with Crippen molar-refractivity contribution in [1.82, 2.24) is 9.29 Å². The molecule has 0 saturated carbocycles. The summed E-state index contributed by atoms with van der Waals surface area (Å²) in [6, 6.07) is -0.936. The van der Waals surface area contributed by atoms with E-state index in [1.165, 1.54) is 40.0 Å². The molecule has 0 aliphatic carbocycles. The smallest absolute Gasteiger partial charge is 0.364 e. The second-order valence-corrected chi connectivity index (χ2v) is 13.3. The van der Waals surface area contributed by atoms with Gasteiger partial charge < -0.3 is 20.0 Å². The summed E-state index contributed by atoms with van der Waals surface area (Å²) < 4.78 is 41.2. The average molecular weight is 591 g/mol. The molecule has 2 heterocycles. The first kappa shape index (κ1) is 32.1. The van der Waals surface area contributed by atoms with Crippen molar-refractivity contribution in [2.75, 3.05) is 12.3 Å². The summed E-state index contributed by atoms with van der Waals surface area (Å²) in [7, 11) is -4.57. The molecule has 1 aliphatic rings. The van der Waals surface area contributed by atoms with Gasteiger partial charge in [-0.3, -0.25) is 23.4 Å². The van der Waals surface area contributed by atoms with Crippen molar-refractivity contribution in [2.45, 2.75) is 79.2 Å². The summed E-state index contributed by atoms with van der Waals surface area (Å²) in [6.45, 7) is 11.7. The van der Waals surface area contributed by atoms with Crippen LogP contribution in [0, 0.1) is 11.3 Å². The molecule has 0 unspecified atom stereocenters. The van der Waals surface area contributed by atoms with Crippen LogP contribution in [0.2, 0.25) is 0 Å². The first-order chi connectivity index (χ1) is 17.7. The van der Waals surface area contributed by atoms with Crippen LogP contribution in [0.1, 0.15) is 67.5 Å². The SMILES string of the molecule is C[C@H]1[C@H](CC(=O)/C(=N/OC(C)(C)OC=O)c2csc(N)n2)C(=O)N1S(=O)(=O)OCC(C)(C)C(=O)OC(C)(C)C. The Morgan fingerprint density at radius 3 is 2.31 bits per heavy atom. The number of β-lactam (4-membered cyclic amide) rings is 1. The van der Waals surface area contributed by atoms with Gasteiger partial charge in [0.05, 0.1) is 24.0 Å². The second-order valence-electron chi connectivity index (χ2n) is 10.9. The van der Waals surface area contributed by atoms with E-state index in [9.17, 15) is 27.6 Å². The number of carbonyl (C=O) groups is 4. The number of carbonyl (C=O) groups excluding carboxylic acids is 4. The lowest BCUT2D eigenvalue weighted by molar-refractivity contribution is -0.203. The molecule has 39 heavy (non-hydrogen) atoms. The van der Waals surface area contributed by atoms with Crippen LogP contribution in [-0.2, 0) is 48.0 Å². The number of rotatable bonds is 13. The third-order valence-corrected chi connectivity index (χ3v) is 7.45. The fraction of sp³-hybridized carbons (Fsp3) is 0.652. The van der Waals surface area contributed by atoms with Crippen molar-refractivity contribution in [2.24, 2.45) is 16.5 Å². The highest BCUT2D eigenvalue weighted by Crippen LogP contribution is 2.34. The molecule has 2 N–H and O–H groups in total.